The molecule has 1 N–H and O–H groups in total. The highest BCUT2D eigenvalue weighted by Crippen LogP contribution is 2.29. The number of carbonyl (C=O) groups is 1. The van der Waals surface area contributed by atoms with E-state index in [9.17, 15) is 9.59 Å². The number of aryl methyl sites for hydroxylation is 3. The standard InChI is InChI=1S/C23H23N3O3S/c1-15-8-10-17(11-9-15)22-20(30-16(2)24-22)14-21(27)29-13-5-12-26-19-7-4-3-6-18(19)25-23(26)28/h3-4,6-11H,5,12-14H2,1-2H3,(H,25,28). The Bertz CT molecular complexity index is 1230. The Hall–Kier alpha value is -3.19. The smallest absolute Gasteiger partial charge is 0.326 e. The Morgan fingerprint density at radius 3 is 2.70 bits per heavy atom. The van der Waals surface area contributed by atoms with Crippen LogP contribution in [-0.2, 0) is 22.5 Å². The number of nitrogens with zero attached hydrogens (tertiary/aromatic N) is 2. The van der Waals surface area contributed by atoms with Crippen LogP contribution in [0.15, 0.2) is 53.3 Å². The van der Waals surface area contributed by atoms with Crippen LogP contribution in [0.5, 0.6) is 0 Å². The number of para-hydroxylation sites is 2. The van der Waals surface area contributed by atoms with Gasteiger partial charge in [0.2, 0.25) is 0 Å². The third-order valence-electron chi connectivity index (χ3n) is 4.90. The Labute approximate surface area is 178 Å². The normalized spacial score (nSPS) is 11.1. The molecule has 154 valence electrons. The summed E-state index contributed by atoms with van der Waals surface area (Å²) in [6.45, 7) is 4.74. The van der Waals surface area contributed by atoms with Crippen molar-refractivity contribution < 1.29 is 9.53 Å². The molecule has 0 fully saturated rings. The molecule has 6 nitrogen and oxygen atoms in total. The Kier molecular flexibility index (Phi) is 5.81. The van der Waals surface area contributed by atoms with Gasteiger partial charge in [0.25, 0.3) is 0 Å². The molecule has 7 heteroatoms. The van der Waals surface area contributed by atoms with Crippen molar-refractivity contribution in [2.24, 2.45) is 0 Å². The number of aromatic amines is 1. The van der Waals surface area contributed by atoms with Gasteiger partial charge >= 0.3 is 11.7 Å². The monoisotopic (exact) mass is 421 g/mol. The Morgan fingerprint density at radius 2 is 1.90 bits per heavy atom. The minimum atomic E-state index is -0.279. The topological polar surface area (TPSA) is 77.0 Å². The highest BCUT2D eigenvalue weighted by atomic mass is 32.1. The quantitative estimate of drug-likeness (QED) is 0.358. The van der Waals surface area contributed by atoms with Gasteiger partial charge < -0.3 is 9.72 Å². The number of H-pyrrole nitrogens is 1. The minimum absolute atomic E-state index is 0.148. The van der Waals surface area contributed by atoms with Gasteiger partial charge in [-0.05, 0) is 32.4 Å². The summed E-state index contributed by atoms with van der Waals surface area (Å²) >= 11 is 1.52. The fourth-order valence-corrected chi connectivity index (χ4v) is 4.39. The number of thiazole rings is 1. The van der Waals surface area contributed by atoms with Crippen LogP contribution in [0.2, 0.25) is 0 Å². The second-order valence-corrected chi connectivity index (χ2v) is 8.51. The minimum Gasteiger partial charge on any atom is -0.465 e. The van der Waals surface area contributed by atoms with Crippen molar-refractivity contribution >= 4 is 28.3 Å². The SMILES string of the molecule is Cc1ccc(-c2nc(C)sc2CC(=O)OCCCn2c(=O)[nH]c3ccccc32)cc1. The number of esters is 1. The van der Waals surface area contributed by atoms with E-state index in [1.54, 1.807) is 4.57 Å². The summed E-state index contributed by atoms with van der Waals surface area (Å²) < 4.78 is 7.10. The summed E-state index contributed by atoms with van der Waals surface area (Å²) in [5.74, 6) is -0.279. The van der Waals surface area contributed by atoms with Crippen LogP contribution in [-0.4, -0.2) is 27.1 Å². The number of carbonyl (C=O) groups excluding carboxylic acids is 1. The summed E-state index contributed by atoms with van der Waals surface area (Å²) in [6.07, 6.45) is 0.766. The lowest BCUT2D eigenvalue weighted by molar-refractivity contribution is -0.142. The molecule has 0 amide bonds. The average Bonchev–Trinajstić information content (AvgIpc) is 3.24. The maximum Gasteiger partial charge on any atom is 0.326 e. The molecule has 2 aromatic heterocycles. The number of hydrogen-bond acceptors (Lipinski definition) is 5. The van der Waals surface area contributed by atoms with Crippen molar-refractivity contribution in [3.05, 3.63) is 74.5 Å². The van der Waals surface area contributed by atoms with E-state index in [0.717, 1.165) is 32.2 Å². The van der Waals surface area contributed by atoms with Crippen LogP contribution in [0.1, 0.15) is 21.9 Å². The fraction of sp³-hybridized carbons (Fsp3) is 0.261. The molecule has 0 aliphatic carbocycles. The predicted octanol–water partition coefficient (Wildman–Crippen LogP) is 4.25. The molecule has 2 aromatic carbocycles. The first kappa shape index (κ1) is 20.1. The Balaban J connectivity index is 1.35. The van der Waals surface area contributed by atoms with Crippen molar-refractivity contribution in [2.45, 2.75) is 33.2 Å². The van der Waals surface area contributed by atoms with Gasteiger partial charge in [0, 0.05) is 17.0 Å². The zero-order valence-corrected chi connectivity index (χ0v) is 17.8. The second kappa shape index (κ2) is 8.67. The molecule has 0 saturated heterocycles. The molecule has 0 aliphatic heterocycles. The first-order valence-corrected chi connectivity index (χ1v) is 10.7. The molecule has 0 radical (unpaired) electrons. The molecule has 2 heterocycles. The van der Waals surface area contributed by atoms with Crippen molar-refractivity contribution in [1.29, 1.82) is 0 Å². The molecule has 0 spiro atoms. The number of nitrogens with one attached hydrogen (secondary N) is 1. The number of aromatic nitrogens is 3. The average molecular weight is 422 g/mol. The van der Waals surface area contributed by atoms with E-state index < -0.39 is 0 Å². The third kappa shape index (κ3) is 4.36. The van der Waals surface area contributed by atoms with Gasteiger partial charge in [-0.25, -0.2) is 9.78 Å². The number of rotatable bonds is 7. The summed E-state index contributed by atoms with van der Waals surface area (Å²) in [5, 5.41) is 0.923. The van der Waals surface area contributed by atoms with Gasteiger partial charge in [0.05, 0.1) is 34.8 Å². The summed E-state index contributed by atoms with van der Waals surface area (Å²) in [4.78, 5) is 32.8. The van der Waals surface area contributed by atoms with Crippen LogP contribution in [0.4, 0.5) is 0 Å². The first-order chi connectivity index (χ1) is 14.5. The maximum absolute atomic E-state index is 12.4. The van der Waals surface area contributed by atoms with E-state index in [1.165, 1.54) is 16.9 Å². The van der Waals surface area contributed by atoms with Crippen molar-refractivity contribution in [1.82, 2.24) is 14.5 Å². The largest absolute Gasteiger partial charge is 0.465 e. The maximum atomic E-state index is 12.4. The van der Waals surface area contributed by atoms with Crippen LogP contribution in [0, 0.1) is 13.8 Å². The van der Waals surface area contributed by atoms with Gasteiger partial charge in [-0.1, -0.05) is 42.0 Å². The van der Waals surface area contributed by atoms with E-state index in [1.807, 2.05) is 62.4 Å². The molecule has 0 bridgehead atoms. The first-order valence-electron chi connectivity index (χ1n) is 9.88. The van der Waals surface area contributed by atoms with Gasteiger partial charge in [-0.3, -0.25) is 9.36 Å². The molecular formula is C23H23N3O3S. The van der Waals surface area contributed by atoms with E-state index in [4.69, 9.17) is 4.74 Å². The number of hydrogen-bond donors (Lipinski definition) is 1. The van der Waals surface area contributed by atoms with Crippen molar-refractivity contribution in [3.63, 3.8) is 0 Å². The van der Waals surface area contributed by atoms with Gasteiger partial charge in [0.1, 0.15) is 0 Å². The second-order valence-electron chi connectivity index (χ2n) is 7.22. The van der Waals surface area contributed by atoms with Gasteiger partial charge in [-0.2, -0.15) is 0 Å². The van der Waals surface area contributed by atoms with Crippen LogP contribution >= 0.6 is 11.3 Å². The lowest BCUT2D eigenvalue weighted by Crippen LogP contribution is -2.18. The van der Waals surface area contributed by atoms with Crippen molar-refractivity contribution in [2.75, 3.05) is 6.61 Å². The molecule has 0 unspecified atom stereocenters. The van der Waals surface area contributed by atoms with Gasteiger partial charge in [0.15, 0.2) is 0 Å². The van der Waals surface area contributed by atoms with E-state index in [2.05, 4.69) is 9.97 Å². The fourth-order valence-electron chi connectivity index (χ4n) is 3.45. The number of imidazole rings is 1. The summed E-state index contributed by atoms with van der Waals surface area (Å²) in [6, 6.07) is 15.7. The number of fused-ring (bicyclic) bond motifs is 1. The molecular weight excluding hydrogens is 398 g/mol. The zero-order chi connectivity index (χ0) is 21.1. The predicted molar refractivity (Wildman–Crippen MR) is 119 cm³/mol. The highest BCUT2D eigenvalue weighted by Gasteiger charge is 2.16. The highest BCUT2D eigenvalue weighted by molar-refractivity contribution is 7.12. The van der Waals surface area contributed by atoms with E-state index in [0.29, 0.717) is 13.0 Å². The molecule has 4 rings (SSSR count). The summed E-state index contributed by atoms with van der Waals surface area (Å²) in [7, 11) is 0. The number of benzene rings is 2. The van der Waals surface area contributed by atoms with Gasteiger partial charge in [-0.15, -0.1) is 11.3 Å². The lowest BCUT2D eigenvalue weighted by atomic mass is 10.1. The molecule has 30 heavy (non-hydrogen) atoms. The van der Waals surface area contributed by atoms with Crippen LogP contribution < -0.4 is 5.69 Å². The zero-order valence-electron chi connectivity index (χ0n) is 17.0. The van der Waals surface area contributed by atoms with Crippen molar-refractivity contribution in [3.8, 4) is 11.3 Å². The van der Waals surface area contributed by atoms with E-state index >= 15 is 0 Å². The van der Waals surface area contributed by atoms with Crippen LogP contribution in [0.3, 0.4) is 0 Å². The molecule has 4 aromatic rings. The lowest BCUT2D eigenvalue weighted by Gasteiger charge is -2.06. The molecule has 0 saturated carbocycles. The van der Waals surface area contributed by atoms with Crippen LogP contribution in [0.25, 0.3) is 22.3 Å². The third-order valence-corrected chi connectivity index (χ3v) is 5.88. The summed E-state index contributed by atoms with van der Waals surface area (Å²) in [5.41, 5.74) is 4.55. The molecule has 0 aliphatic rings. The molecule has 0 atom stereocenters. The van der Waals surface area contributed by atoms with E-state index in [-0.39, 0.29) is 24.7 Å². The Morgan fingerprint density at radius 1 is 1.13 bits per heavy atom. The number of ether oxygens (including phenoxy) is 1.